The average Bonchev–Trinajstić information content (AvgIpc) is 3.11. The van der Waals surface area contributed by atoms with E-state index >= 15 is 0 Å². The van der Waals surface area contributed by atoms with Crippen LogP contribution in [0.4, 0.5) is 0 Å². The van der Waals surface area contributed by atoms with Crippen molar-refractivity contribution in [2.45, 2.75) is 50.7 Å². The van der Waals surface area contributed by atoms with Crippen molar-refractivity contribution in [2.24, 2.45) is 0 Å². The Bertz CT molecular complexity index is 403. The molecule has 2 nitrogen and oxygen atoms in total. The lowest BCUT2D eigenvalue weighted by Crippen LogP contribution is -2.12. The van der Waals surface area contributed by atoms with Gasteiger partial charge in [0.25, 0.3) is 0 Å². The van der Waals surface area contributed by atoms with Gasteiger partial charge in [0.2, 0.25) is 0 Å². The standard InChI is InChI=1S/C14H18O2/c1-10-2-5-13(16-12-3-4-12)11(8-10)9-14(15)6-7-14/h2,5,8,12,15H,3-4,6-7,9H2,1H3. The molecule has 2 saturated carbocycles. The number of rotatable bonds is 4. The first-order chi connectivity index (χ1) is 7.65. The topological polar surface area (TPSA) is 29.5 Å². The van der Waals surface area contributed by atoms with Gasteiger partial charge >= 0.3 is 0 Å². The summed E-state index contributed by atoms with van der Waals surface area (Å²) in [6.45, 7) is 2.08. The van der Waals surface area contributed by atoms with Crippen molar-refractivity contribution in [1.29, 1.82) is 0 Å². The van der Waals surface area contributed by atoms with Gasteiger partial charge in [-0.05, 0) is 44.2 Å². The molecule has 2 fully saturated rings. The van der Waals surface area contributed by atoms with Gasteiger partial charge in [0.1, 0.15) is 5.75 Å². The molecule has 0 aromatic heterocycles. The van der Waals surface area contributed by atoms with Crippen LogP contribution in [0.1, 0.15) is 36.8 Å². The zero-order chi connectivity index (χ0) is 11.2. The lowest BCUT2D eigenvalue weighted by molar-refractivity contribution is 0.149. The highest BCUT2D eigenvalue weighted by Gasteiger charge is 2.41. The molecule has 0 atom stereocenters. The second-order valence-corrected chi connectivity index (χ2v) is 5.33. The van der Waals surface area contributed by atoms with E-state index in [0.29, 0.717) is 6.10 Å². The van der Waals surface area contributed by atoms with Crippen molar-refractivity contribution in [3.05, 3.63) is 29.3 Å². The molecule has 0 heterocycles. The number of aryl methyl sites for hydroxylation is 1. The minimum Gasteiger partial charge on any atom is -0.490 e. The first kappa shape index (κ1) is 10.2. The fourth-order valence-corrected chi connectivity index (χ4v) is 2.00. The Balaban J connectivity index is 1.83. The monoisotopic (exact) mass is 218 g/mol. The van der Waals surface area contributed by atoms with Gasteiger partial charge in [-0.3, -0.25) is 0 Å². The van der Waals surface area contributed by atoms with Crippen molar-refractivity contribution in [2.75, 3.05) is 0 Å². The highest BCUT2D eigenvalue weighted by atomic mass is 16.5. The Morgan fingerprint density at radius 1 is 1.38 bits per heavy atom. The van der Waals surface area contributed by atoms with Gasteiger partial charge in [0.15, 0.2) is 0 Å². The third-order valence-electron chi connectivity index (χ3n) is 3.38. The Labute approximate surface area is 96.2 Å². The van der Waals surface area contributed by atoms with Gasteiger partial charge in [0, 0.05) is 6.42 Å². The predicted octanol–water partition coefficient (Wildman–Crippen LogP) is 2.60. The molecule has 1 N–H and O–H groups in total. The molecule has 2 aliphatic carbocycles. The van der Waals surface area contributed by atoms with Crippen LogP contribution in [0, 0.1) is 6.92 Å². The average molecular weight is 218 g/mol. The van der Waals surface area contributed by atoms with Gasteiger partial charge in [-0.25, -0.2) is 0 Å². The van der Waals surface area contributed by atoms with E-state index in [4.69, 9.17) is 4.74 Å². The first-order valence-electron chi connectivity index (χ1n) is 6.13. The maximum absolute atomic E-state index is 9.99. The van der Waals surface area contributed by atoms with Crippen molar-refractivity contribution in [3.8, 4) is 5.75 Å². The van der Waals surface area contributed by atoms with Crippen LogP contribution >= 0.6 is 0 Å². The van der Waals surface area contributed by atoms with Crippen molar-refractivity contribution in [1.82, 2.24) is 0 Å². The summed E-state index contributed by atoms with van der Waals surface area (Å²) < 4.78 is 5.87. The summed E-state index contributed by atoms with van der Waals surface area (Å²) >= 11 is 0. The molecule has 1 aromatic rings. The van der Waals surface area contributed by atoms with Crippen LogP contribution < -0.4 is 4.74 Å². The zero-order valence-corrected chi connectivity index (χ0v) is 9.70. The first-order valence-corrected chi connectivity index (χ1v) is 6.13. The number of benzene rings is 1. The summed E-state index contributed by atoms with van der Waals surface area (Å²) in [6.07, 6.45) is 5.40. The van der Waals surface area contributed by atoms with E-state index in [1.807, 2.05) is 0 Å². The zero-order valence-electron chi connectivity index (χ0n) is 9.70. The second kappa shape index (κ2) is 3.49. The quantitative estimate of drug-likeness (QED) is 0.841. The summed E-state index contributed by atoms with van der Waals surface area (Å²) in [7, 11) is 0. The van der Waals surface area contributed by atoms with Crippen LogP contribution in [0.3, 0.4) is 0 Å². The Kier molecular flexibility index (Phi) is 2.21. The van der Waals surface area contributed by atoms with Crippen molar-refractivity contribution < 1.29 is 9.84 Å². The largest absolute Gasteiger partial charge is 0.490 e. The van der Waals surface area contributed by atoms with Crippen molar-refractivity contribution in [3.63, 3.8) is 0 Å². The van der Waals surface area contributed by atoms with Gasteiger partial charge in [-0.15, -0.1) is 0 Å². The van der Waals surface area contributed by atoms with E-state index in [2.05, 4.69) is 25.1 Å². The van der Waals surface area contributed by atoms with E-state index in [1.54, 1.807) is 0 Å². The molecule has 2 aliphatic rings. The van der Waals surface area contributed by atoms with Crippen molar-refractivity contribution >= 4 is 0 Å². The molecule has 2 heteroatoms. The van der Waals surface area contributed by atoms with Gasteiger partial charge in [-0.1, -0.05) is 17.7 Å². The highest BCUT2D eigenvalue weighted by Crippen LogP contribution is 2.41. The lowest BCUT2D eigenvalue weighted by atomic mass is 10.0. The molecule has 0 aliphatic heterocycles. The minimum absolute atomic E-state index is 0.426. The third kappa shape index (κ3) is 2.22. The Hall–Kier alpha value is -1.02. The van der Waals surface area contributed by atoms with Crippen LogP contribution in [-0.4, -0.2) is 16.8 Å². The SMILES string of the molecule is Cc1ccc(OC2CC2)c(CC2(O)CC2)c1. The van der Waals surface area contributed by atoms with E-state index in [-0.39, 0.29) is 0 Å². The maximum atomic E-state index is 9.99. The van der Waals surface area contributed by atoms with Crippen LogP contribution in [0.2, 0.25) is 0 Å². The lowest BCUT2D eigenvalue weighted by Gasteiger charge is -2.14. The fraction of sp³-hybridized carbons (Fsp3) is 0.571. The third-order valence-corrected chi connectivity index (χ3v) is 3.38. The Morgan fingerprint density at radius 3 is 2.75 bits per heavy atom. The molecule has 0 spiro atoms. The minimum atomic E-state index is -0.435. The molecule has 0 saturated heterocycles. The second-order valence-electron chi connectivity index (χ2n) is 5.33. The summed E-state index contributed by atoms with van der Waals surface area (Å²) in [5, 5.41) is 9.99. The van der Waals surface area contributed by atoms with E-state index < -0.39 is 5.60 Å². The molecule has 0 radical (unpaired) electrons. The number of ether oxygens (including phenoxy) is 1. The molecule has 16 heavy (non-hydrogen) atoms. The van der Waals surface area contributed by atoms with E-state index in [9.17, 15) is 5.11 Å². The summed E-state index contributed by atoms with van der Waals surface area (Å²) in [5.41, 5.74) is 1.98. The highest BCUT2D eigenvalue weighted by molar-refractivity contribution is 5.39. The van der Waals surface area contributed by atoms with E-state index in [1.165, 1.54) is 24.0 Å². The number of hydrogen-bond acceptors (Lipinski definition) is 2. The molecular weight excluding hydrogens is 200 g/mol. The molecular formula is C14H18O2. The molecule has 3 rings (SSSR count). The maximum Gasteiger partial charge on any atom is 0.123 e. The molecule has 1 aromatic carbocycles. The number of aliphatic hydroxyl groups is 1. The van der Waals surface area contributed by atoms with Gasteiger partial charge in [0.05, 0.1) is 11.7 Å². The number of hydrogen-bond donors (Lipinski definition) is 1. The van der Waals surface area contributed by atoms with Crippen LogP contribution in [0.25, 0.3) is 0 Å². The molecule has 0 bridgehead atoms. The van der Waals surface area contributed by atoms with Gasteiger partial charge < -0.3 is 9.84 Å². The van der Waals surface area contributed by atoms with Crippen LogP contribution in [-0.2, 0) is 6.42 Å². The Morgan fingerprint density at radius 2 is 2.12 bits per heavy atom. The summed E-state index contributed by atoms with van der Waals surface area (Å²) in [6, 6.07) is 6.28. The molecule has 0 unspecified atom stereocenters. The summed E-state index contributed by atoms with van der Waals surface area (Å²) in [5.74, 6) is 0.980. The summed E-state index contributed by atoms with van der Waals surface area (Å²) in [4.78, 5) is 0. The van der Waals surface area contributed by atoms with E-state index in [0.717, 1.165) is 25.0 Å². The van der Waals surface area contributed by atoms with Gasteiger partial charge in [-0.2, -0.15) is 0 Å². The van der Waals surface area contributed by atoms with Crippen LogP contribution in [0.15, 0.2) is 18.2 Å². The fourth-order valence-electron chi connectivity index (χ4n) is 2.00. The predicted molar refractivity (Wildman–Crippen MR) is 62.7 cm³/mol. The van der Waals surface area contributed by atoms with Crippen LogP contribution in [0.5, 0.6) is 5.75 Å². The molecule has 0 amide bonds. The normalized spacial score (nSPS) is 21.9. The smallest absolute Gasteiger partial charge is 0.123 e. The molecule has 86 valence electrons.